The SMILES string of the molecule is Cc1ccc2c(NNC(=O)COc3cccc(C)c3C)c3ccccc3nc2c1. The van der Waals surface area contributed by atoms with Crippen LogP contribution in [0.5, 0.6) is 5.75 Å². The van der Waals surface area contributed by atoms with E-state index in [2.05, 4.69) is 10.9 Å². The van der Waals surface area contributed by atoms with Gasteiger partial charge in [-0.3, -0.25) is 15.6 Å². The number of aromatic nitrogens is 1. The molecule has 146 valence electrons. The lowest BCUT2D eigenvalue weighted by atomic mass is 10.1. The monoisotopic (exact) mass is 385 g/mol. The Bertz CT molecular complexity index is 1220. The summed E-state index contributed by atoms with van der Waals surface area (Å²) in [4.78, 5) is 17.1. The van der Waals surface area contributed by atoms with Gasteiger partial charge in [0.25, 0.3) is 5.91 Å². The van der Waals surface area contributed by atoms with Gasteiger partial charge in [0.05, 0.1) is 16.7 Å². The molecule has 29 heavy (non-hydrogen) atoms. The summed E-state index contributed by atoms with van der Waals surface area (Å²) in [5.74, 6) is 0.461. The summed E-state index contributed by atoms with van der Waals surface area (Å²) in [5.41, 5.74) is 11.7. The van der Waals surface area contributed by atoms with Crippen molar-refractivity contribution in [2.75, 3.05) is 12.0 Å². The molecule has 5 nitrogen and oxygen atoms in total. The minimum absolute atomic E-state index is 0.0721. The molecule has 0 aliphatic rings. The van der Waals surface area contributed by atoms with Gasteiger partial charge in [0.2, 0.25) is 0 Å². The number of rotatable bonds is 5. The van der Waals surface area contributed by atoms with E-state index in [1.54, 1.807) is 0 Å². The van der Waals surface area contributed by atoms with Crippen molar-refractivity contribution in [3.05, 3.63) is 77.4 Å². The zero-order chi connectivity index (χ0) is 20.4. The number of anilines is 1. The molecule has 0 radical (unpaired) electrons. The van der Waals surface area contributed by atoms with Crippen LogP contribution in [0.4, 0.5) is 5.69 Å². The van der Waals surface area contributed by atoms with Crippen molar-refractivity contribution in [3.63, 3.8) is 0 Å². The van der Waals surface area contributed by atoms with Gasteiger partial charge in [0.1, 0.15) is 5.75 Å². The highest BCUT2D eigenvalue weighted by molar-refractivity contribution is 6.07. The highest BCUT2D eigenvalue weighted by Gasteiger charge is 2.11. The van der Waals surface area contributed by atoms with Gasteiger partial charge in [-0.05, 0) is 55.7 Å². The number of pyridine rings is 1. The minimum Gasteiger partial charge on any atom is -0.483 e. The predicted molar refractivity (Wildman–Crippen MR) is 117 cm³/mol. The number of fused-ring (bicyclic) bond motifs is 2. The summed E-state index contributed by atoms with van der Waals surface area (Å²) >= 11 is 0. The van der Waals surface area contributed by atoms with Gasteiger partial charge < -0.3 is 4.74 Å². The second-order valence-corrected chi connectivity index (χ2v) is 7.18. The molecule has 0 aliphatic heterocycles. The number of amides is 1. The molecule has 0 aliphatic carbocycles. The first-order valence-corrected chi connectivity index (χ1v) is 9.56. The molecule has 4 rings (SSSR count). The lowest BCUT2D eigenvalue weighted by Gasteiger charge is -2.15. The van der Waals surface area contributed by atoms with Crippen LogP contribution in [0.2, 0.25) is 0 Å². The fraction of sp³-hybridized carbons (Fsp3) is 0.167. The number of para-hydroxylation sites is 1. The van der Waals surface area contributed by atoms with E-state index in [9.17, 15) is 4.79 Å². The van der Waals surface area contributed by atoms with E-state index in [1.807, 2.05) is 81.4 Å². The summed E-state index contributed by atoms with van der Waals surface area (Å²) in [6.07, 6.45) is 0. The number of carbonyl (C=O) groups excluding carboxylic acids is 1. The lowest BCUT2D eigenvalue weighted by molar-refractivity contribution is -0.122. The van der Waals surface area contributed by atoms with Crippen LogP contribution in [0.25, 0.3) is 21.8 Å². The Labute approximate surface area is 169 Å². The molecule has 0 unspecified atom stereocenters. The Morgan fingerprint density at radius 2 is 1.72 bits per heavy atom. The van der Waals surface area contributed by atoms with Gasteiger partial charge in [0, 0.05) is 10.8 Å². The largest absolute Gasteiger partial charge is 0.483 e. The van der Waals surface area contributed by atoms with Crippen LogP contribution in [0, 0.1) is 20.8 Å². The second-order valence-electron chi connectivity index (χ2n) is 7.18. The molecule has 1 amide bonds. The van der Waals surface area contributed by atoms with Gasteiger partial charge in [-0.1, -0.05) is 42.5 Å². The number of nitrogens with one attached hydrogen (secondary N) is 2. The first kappa shape index (κ1) is 18.7. The Morgan fingerprint density at radius 3 is 2.59 bits per heavy atom. The summed E-state index contributed by atoms with van der Waals surface area (Å²) < 4.78 is 5.69. The number of ether oxygens (including phenoxy) is 1. The maximum Gasteiger partial charge on any atom is 0.276 e. The molecule has 0 fully saturated rings. The summed E-state index contributed by atoms with van der Waals surface area (Å²) in [6.45, 7) is 5.97. The third-order valence-corrected chi connectivity index (χ3v) is 5.08. The number of benzene rings is 3. The number of hydrazine groups is 1. The molecule has 1 heterocycles. The minimum atomic E-state index is -0.257. The molecular weight excluding hydrogens is 362 g/mol. The van der Waals surface area contributed by atoms with Crippen LogP contribution in [0.3, 0.4) is 0 Å². The van der Waals surface area contributed by atoms with E-state index >= 15 is 0 Å². The lowest BCUT2D eigenvalue weighted by Crippen LogP contribution is -2.33. The molecule has 2 N–H and O–H groups in total. The van der Waals surface area contributed by atoms with Crippen molar-refractivity contribution in [1.29, 1.82) is 0 Å². The fourth-order valence-electron chi connectivity index (χ4n) is 3.33. The van der Waals surface area contributed by atoms with Crippen molar-refractivity contribution in [3.8, 4) is 5.75 Å². The maximum atomic E-state index is 12.4. The average molecular weight is 385 g/mol. The van der Waals surface area contributed by atoms with E-state index in [1.165, 1.54) is 0 Å². The molecule has 0 bridgehead atoms. The van der Waals surface area contributed by atoms with Crippen LogP contribution in [0.1, 0.15) is 16.7 Å². The molecule has 0 saturated heterocycles. The van der Waals surface area contributed by atoms with E-state index in [-0.39, 0.29) is 12.5 Å². The number of hydrogen-bond acceptors (Lipinski definition) is 4. The number of carbonyl (C=O) groups is 1. The number of aryl methyl sites for hydroxylation is 2. The third kappa shape index (κ3) is 3.85. The van der Waals surface area contributed by atoms with Gasteiger partial charge >= 0.3 is 0 Å². The molecule has 1 aromatic heterocycles. The van der Waals surface area contributed by atoms with Gasteiger partial charge in [-0.15, -0.1) is 0 Å². The molecule has 5 heteroatoms. The number of nitrogens with zero attached hydrogens (tertiary/aromatic N) is 1. The first-order valence-electron chi connectivity index (χ1n) is 9.56. The van der Waals surface area contributed by atoms with E-state index in [4.69, 9.17) is 9.72 Å². The molecule has 4 aromatic rings. The third-order valence-electron chi connectivity index (χ3n) is 5.08. The van der Waals surface area contributed by atoms with Gasteiger partial charge in [-0.25, -0.2) is 4.98 Å². The van der Waals surface area contributed by atoms with Crippen LogP contribution in [-0.2, 0) is 4.79 Å². The Morgan fingerprint density at radius 1 is 0.931 bits per heavy atom. The molecule has 0 spiro atoms. The van der Waals surface area contributed by atoms with Gasteiger partial charge in [-0.2, -0.15) is 0 Å². The van der Waals surface area contributed by atoms with Crippen molar-refractivity contribution in [2.45, 2.75) is 20.8 Å². The fourth-order valence-corrected chi connectivity index (χ4v) is 3.33. The number of hydrogen-bond donors (Lipinski definition) is 2. The highest BCUT2D eigenvalue weighted by Crippen LogP contribution is 2.30. The Kier molecular flexibility index (Phi) is 5.04. The van der Waals surface area contributed by atoms with Crippen LogP contribution >= 0.6 is 0 Å². The van der Waals surface area contributed by atoms with Crippen molar-refractivity contribution in [2.24, 2.45) is 0 Å². The van der Waals surface area contributed by atoms with Crippen molar-refractivity contribution in [1.82, 2.24) is 10.4 Å². The van der Waals surface area contributed by atoms with Crippen LogP contribution in [-0.4, -0.2) is 17.5 Å². The Hall–Kier alpha value is -3.60. The normalized spacial score (nSPS) is 10.9. The smallest absolute Gasteiger partial charge is 0.276 e. The second kappa shape index (κ2) is 7.80. The summed E-state index contributed by atoms with van der Waals surface area (Å²) in [7, 11) is 0. The van der Waals surface area contributed by atoms with Gasteiger partial charge in [0.15, 0.2) is 6.61 Å². The molecule has 3 aromatic carbocycles. The topological polar surface area (TPSA) is 63.2 Å². The standard InChI is InChI=1S/C24H23N3O2/c1-15-11-12-19-21(13-15)25-20-9-5-4-8-18(20)24(19)27-26-23(28)14-29-22-10-6-7-16(2)17(22)3/h4-13H,14H2,1-3H3,(H,25,27)(H,26,28). The van der Waals surface area contributed by atoms with Crippen LogP contribution in [0.15, 0.2) is 60.7 Å². The van der Waals surface area contributed by atoms with E-state index in [0.717, 1.165) is 49.9 Å². The zero-order valence-electron chi connectivity index (χ0n) is 16.7. The van der Waals surface area contributed by atoms with Crippen molar-refractivity contribution >= 4 is 33.4 Å². The zero-order valence-corrected chi connectivity index (χ0v) is 16.7. The maximum absolute atomic E-state index is 12.4. The van der Waals surface area contributed by atoms with E-state index < -0.39 is 0 Å². The van der Waals surface area contributed by atoms with Crippen molar-refractivity contribution < 1.29 is 9.53 Å². The molecule has 0 saturated carbocycles. The molecular formula is C24H23N3O2. The average Bonchev–Trinajstić information content (AvgIpc) is 2.72. The summed E-state index contributed by atoms with van der Waals surface area (Å²) in [5, 5.41) is 1.89. The Balaban J connectivity index is 1.55. The van der Waals surface area contributed by atoms with Crippen LogP contribution < -0.4 is 15.6 Å². The molecule has 0 atom stereocenters. The van der Waals surface area contributed by atoms with E-state index in [0.29, 0.717) is 0 Å². The highest BCUT2D eigenvalue weighted by atomic mass is 16.5. The first-order chi connectivity index (χ1) is 14.0. The summed E-state index contributed by atoms with van der Waals surface area (Å²) in [6, 6.07) is 19.8. The predicted octanol–water partition coefficient (Wildman–Crippen LogP) is 4.84. The quantitative estimate of drug-likeness (QED) is 0.381.